The lowest BCUT2D eigenvalue weighted by Gasteiger charge is -2.34. The minimum Gasteiger partial charge on any atom is -0.318 e. The molecule has 0 bridgehead atoms. The van der Waals surface area contributed by atoms with Gasteiger partial charge in [-0.05, 0) is 26.3 Å². The van der Waals surface area contributed by atoms with E-state index in [2.05, 4.69) is 17.0 Å². The number of likely N-dealkylation sites (N-methyl/N-ethyl adjacent to an activating group) is 1. The predicted molar refractivity (Wildman–Crippen MR) is 79.3 cm³/mol. The molecule has 1 fully saturated rings. The Balaban J connectivity index is 2.44. The number of nitrogens with one attached hydrogen (secondary N) is 2. The van der Waals surface area contributed by atoms with E-state index in [4.69, 9.17) is 0 Å². The zero-order valence-corrected chi connectivity index (χ0v) is 13.1. The molecule has 1 rings (SSSR count). The predicted octanol–water partition coefficient (Wildman–Crippen LogP) is 1.48. The van der Waals surface area contributed by atoms with Crippen molar-refractivity contribution in [3.8, 4) is 0 Å². The normalized spacial score (nSPS) is 21.7. The van der Waals surface area contributed by atoms with E-state index in [1.807, 2.05) is 7.05 Å². The monoisotopic (exact) mass is 291 g/mol. The van der Waals surface area contributed by atoms with Crippen molar-refractivity contribution in [1.29, 1.82) is 0 Å². The molecule has 1 saturated heterocycles. The summed E-state index contributed by atoms with van der Waals surface area (Å²) in [5.41, 5.74) is 0. The first-order chi connectivity index (χ1) is 9.11. The summed E-state index contributed by atoms with van der Waals surface area (Å²) in [6.07, 6.45) is 7.41. The van der Waals surface area contributed by atoms with Gasteiger partial charge >= 0.3 is 0 Å². The van der Waals surface area contributed by atoms with Gasteiger partial charge in [-0.15, -0.1) is 0 Å². The fraction of sp³-hybridized carbons (Fsp3) is 1.00. The molecular weight excluding hydrogens is 262 g/mol. The highest BCUT2D eigenvalue weighted by atomic mass is 32.2. The smallest absolute Gasteiger partial charge is 0.279 e. The standard InChI is InChI=1S/C13H29N3O2S/c1-3-4-5-7-10-15-19(17,18)16-11-8-6-9-13(16)12-14-2/h13-15H,3-12H2,1-2H3. The molecule has 0 spiro atoms. The van der Waals surface area contributed by atoms with Gasteiger partial charge in [-0.3, -0.25) is 0 Å². The lowest BCUT2D eigenvalue weighted by molar-refractivity contribution is 0.246. The molecule has 1 atom stereocenters. The SMILES string of the molecule is CCCCCCNS(=O)(=O)N1CCCCC1CNC. The highest BCUT2D eigenvalue weighted by Gasteiger charge is 2.31. The molecule has 2 N–H and O–H groups in total. The molecule has 19 heavy (non-hydrogen) atoms. The fourth-order valence-electron chi connectivity index (χ4n) is 2.57. The van der Waals surface area contributed by atoms with Gasteiger partial charge in [0.15, 0.2) is 0 Å². The summed E-state index contributed by atoms with van der Waals surface area (Å²) in [5.74, 6) is 0. The van der Waals surface area contributed by atoms with Crippen LogP contribution < -0.4 is 10.0 Å². The minimum atomic E-state index is -3.30. The van der Waals surface area contributed by atoms with Gasteiger partial charge in [-0.2, -0.15) is 12.7 Å². The number of hydrogen-bond donors (Lipinski definition) is 2. The van der Waals surface area contributed by atoms with Crippen LogP contribution in [0, 0.1) is 0 Å². The van der Waals surface area contributed by atoms with Gasteiger partial charge in [0, 0.05) is 25.7 Å². The van der Waals surface area contributed by atoms with Crippen LogP contribution >= 0.6 is 0 Å². The summed E-state index contributed by atoms with van der Waals surface area (Å²) in [6.45, 7) is 4.10. The maximum Gasteiger partial charge on any atom is 0.279 e. The Kier molecular flexibility index (Phi) is 7.90. The Bertz CT molecular complexity index is 331. The number of nitrogens with zero attached hydrogens (tertiary/aromatic N) is 1. The second kappa shape index (κ2) is 8.89. The minimum absolute atomic E-state index is 0.104. The van der Waals surface area contributed by atoms with E-state index in [0.717, 1.165) is 38.6 Å². The van der Waals surface area contributed by atoms with E-state index in [1.54, 1.807) is 4.31 Å². The number of unbranched alkanes of at least 4 members (excludes halogenated alkanes) is 3. The second-order valence-electron chi connectivity index (χ2n) is 5.28. The first-order valence-electron chi connectivity index (χ1n) is 7.53. The van der Waals surface area contributed by atoms with E-state index < -0.39 is 10.2 Å². The van der Waals surface area contributed by atoms with E-state index >= 15 is 0 Å². The maximum absolute atomic E-state index is 12.3. The lowest BCUT2D eigenvalue weighted by Crippen LogP contribution is -2.52. The van der Waals surface area contributed by atoms with Gasteiger partial charge in [0.05, 0.1) is 0 Å². The topological polar surface area (TPSA) is 61.4 Å². The Morgan fingerprint density at radius 1 is 1.21 bits per heavy atom. The molecule has 0 aromatic carbocycles. The summed E-state index contributed by atoms with van der Waals surface area (Å²) < 4.78 is 29.0. The summed E-state index contributed by atoms with van der Waals surface area (Å²) in [7, 11) is -1.43. The molecule has 114 valence electrons. The van der Waals surface area contributed by atoms with Crippen LogP contribution in [0.2, 0.25) is 0 Å². The molecule has 1 aliphatic heterocycles. The molecule has 1 unspecified atom stereocenters. The van der Waals surface area contributed by atoms with Crippen LogP contribution in [-0.4, -0.2) is 45.4 Å². The van der Waals surface area contributed by atoms with Crippen molar-refractivity contribution in [2.24, 2.45) is 0 Å². The molecule has 0 amide bonds. The first-order valence-corrected chi connectivity index (χ1v) is 8.97. The summed E-state index contributed by atoms with van der Waals surface area (Å²) >= 11 is 0. The third-order valence-corrected chi connectivity index (χ3v) is 5.30. The molecule has 1 aliphatic rings. The number of hydrogen-bond acceptors (Lipinski definition) is 3. The summed E-state index contributed by atoms with van der Waals surface area (Å²) in [4.78, 5) is 0. The van der Waals surface area contributed by atoms with E-state index in [9.17, 15) is 8.42 Å². The van der Waals surface area contributed by atoms with Crippen LogP contribution in [0.1, 0.15) is 51.9 Å². The van der Waals surface area contributed by atoms with Crippen molar-refractivity contribution in [3.63, 3.8) is 0 Å². The highest BCUT2D eigenvalue weighted by Crippen LogP contribution is 2.19. The van der Waals surface area contributed by atoms with Crippen molar-refractivity contribution in [2.45, 2.75) is 57.9 Å². The molecule has 0 saturated carbocycles. The Morgan fingerprint density at radius 3 is 2.68 bits per heavy atom. The van der Waals surface area contributed by atoms with Crippen LogP contribution in [-0.2, 0) is 10.2 Å². The third-order valence-electron chi connectivity index (χ3n) is 3.64. The van der Waals surface area contributed by atoms with E-state index in [0.29, 0.717) is 13.1 Å². The molecule has 1 heterocycles. The molecule has 0 aromatic heterocycles. The number of rotatable bonds is 9. The first kappa shape index (κ1) is 16.9. The zero-order chi connectivity index (χ0) is 14.1. The quantitative estimate of drug-likeness (QED) is 0.633. The van der Waals surface area contributed by atoms with Gasteiger partial charge < -0.3 is 5.32 Å². The van der Waals surface area contributed by atoms with Gasteiger partial charge in [-0.25, -0.2) is 4.72 Å². The number of piperidine rings is 1. The average Bonchev–Trinajstić information content (AvgIpc) is 2.39. The molecular formula is C13H29N3O2S. The average molecular weight is 291 g/mol. The van der Waals surface area contributed by atoms with Gasteiger partial charge in [0.1, 0.15) is 0 Å². The van der Waals surface area contributed by atoms with Crippen molar-refractivity contribution < 1.29 is 8.42 Å². The lowest BCUT2D eigenvalue weighted by atomic mass is 10.1. The molecule has 5 nitrogen and oxygen atoms in total. The third kappa shape index (κ3) is 5.77. The Hall–Kier alpha value is -0.170. The van der Waals surface area contributed by atoms with E-state index in [1.165, 1.54) is 12.8 Å². The van der Waals surface area contributed by atoms with Crippen molar-refractivity contribution in [3.05, 3.63) is 0 Å². The highest BCUT2D eigenvalue weighted by molar-refractivity contribution is 7.87. The van der Waals surface area contributed by atoms with Gasteiger partial charge in [0.25, 0.3) is 10.2 Å². The Morgan fingerprint density at radius 2 is 2.00 bits per heavy atom. The van der Waals surface area contributed by atoms with Crippen LogP contribution in [0.4, 0.5) is 0 Å². The van der Waals surface area contributed by atoms with Crippen molar-refractivity contribution in [2.75, 3.05) is 26.7 Å². The van der Waals surface area contributed by atoms with Crippen LogP contribution in [0.5, 0.6) is 0 Å². The maximum atomic E-state index is 12.3. The molecule has 0 radical (unpaired) electrons. The molecule has 0 aliphatic carbocycles. The molecule has 0 aromatic rings. The van der Waals surface area contributed by atoms with Gasteiger partial charge in [0.2, 0.25) is 0 Å². The largest absolute Gasteiger partial charge is 0.318 e. The zero-order valence-electron chi connectivity index (χ0n) is 12.3. The van der Waals surface area contributed by atoms with Gasteiger partial charge in [-0.1, -0.05) is 32.6 Å². The van der Waals surface area contributed by atoms with E-state index in [-0.39, 0.29) is 6.04 Å². The van der Waals surface area contributed by atoms with Crippen LogP contribution in [0.15, 0.2) is 0 Å². The van der Waals surface area contributed by atoms with Crippen molar-refractivity contribution >= 4 is 10.2 Å². The summed E-state index contributed by atoms with van der Waals surface area (Å²) in [6, 6.07) is 0.104. The fourth-order valence-corrected chi connectivity index (χ4v) is 4.08. The molecule has 6 heteroatoms. The Labute approximate surface area is 118 Å². The van der Waals surface area contributed by atoms with Crippen LogP contribution in [0.3, 0.4) is 0 Å². The van der Waals surface area contributed by atoms with Crippen LogP contribution in [0.25, 0.3) is 0 Å². The van der Waals surface area contributed by atoms with Crippen molar-refractivity contribution in [1.82, 2.24) is 14.3 Å². The second-order valence-corrected chi connectivity index (χ2v) is 6.99. The summed E-state index contributed by atoms with van der Waals surface area (Å²) in [5, 5.41) is 3.09.